The van der Waals surface area contributed by atoms with Gasteiger partial charge in [-0.05, 0) is 48.2 Å². The van der Waals surface area contributed by atoms with Gasteiger partial charge >= 0.3 is 0 Å². The van der Waals surface area contributed by atoms with Gasteiger partial charge in [-0.15, -0.1) is 0 Å². The first kappa shape index (κ1) is 17.7. The zero-order chi connectivity index (χ0) is 17.6. The topological polar surface area (TPSA) is 60.6 Å². The fourth-order valence-corrected chi connectivity index (χ4v) is 3.30. The summed E-state index contributed by atoms with van der Waals surface area (Å²) in [6.07, 6.45) is 2.00. The third-order valence-corrected chi connectivity index (χ3v) is 4.75. The summed E-state index contributed by atoms with van der Waals surface area (Å²) in [5, 5.41) is 0. The molecule has 0 bridgehead atoms. The summed E-state index contributed by atoms with van der Waals surface area (Å²) in [5.74, 6) is 1.38. The van der Waals surface area contributed by atoms with E-state index in [1.807, 2.05) is 12.1 Å². The van der Waals surface area contributed by atoms with Crippen molar-refractivity contribution in [3.8, 4) is 17.0 Å². The summed E-state index contributed by atoms with van der Waals surface area (Å²) in [7, 11) is 1.71. The molecular formula is C20H27N3O2. The molecule has 0 amide bonds. The highest BCUT2D eigenvalue weighted by Crippen LogP contribution is 2.33. The zero-order valence-corrected chi connectivity index (χ0v) is 15.1. The van der Waals surface area contributed by atoms with Crippen molar-refractivity contribution in [1.29, 1.82) is 0 Å². The van der Waals surface area contributed by atoms with Gasteiger partial charge in [0.2, 0.25) is 0 Å². The maximum Gasteiger partial charge on any atom is 0.128 e. The summed E-state index contributed by atoms with van der Waals surface area (Å²) >= 11 is 0. The molecule has 1 aliphatic rings. The van der Waals surface area contributed by atoms with Crippen LogP contribution in [0.1, 0.15) is 18.1 Å². The van der Waals surface area contributed by atoms with E-state index in [4.69, 9.17) is 15.2 Å². The number of hydrogen-bond acceptors (Lipinski definition) is 5. The number of anilines is 1. The number of ether oxygens (including phenoxy) is 2. The van der Waals surface area contributed by atoms with Gasteiger partial charge in [0.05, 0.1) is 26.0 Å². The molecule has 0 unspecified atom stereocenters. The van der Waals surface area contributed by atoms with Gasteiger partial charge in [-0.2, -0.15) is 0 Å². The van der Waals surface area contributed by atoms with Gasteiger partial charge in [-0.1, -0.05) is 13.0 Å². The molecule has 1 fully saturated rings. The Morgan fingerprint density at radius 3 is 2.68 bits per heavy atom. The molecule has 134 valence electrons. The average Bonchev–Trinajstić information content (AvgIpc) is 2.66. The number of benzene rings is 1. The van der Waals surface area contributed by atoms with Gasteiger partial charge in [0.15, 0.2) is 0 Å². The van der Waals surface area contributed by atoms with Crippen LogP contribution in [-0.4, -0.2) is 49.8 Å². The molecule has 5 heteroatoms. The molecular weight excluding hydrogens is 314 g/mol. The van der Waals surface area contributed by atoms with Crippen LogP contribution in [0.3, 0.4) is 0 Å². The molecule has 0 saturated carbocycles. The number of morpholine rings is 1. The minimum atomic E-state index is 0.522. The van der Waals surface area contributed by atoms with E-state index in [2.05, 4.69) is 28.9 Å². The van der Waals surface area contributed by atoms with E-state index in [1.165, 1.54) is 11.1 Å². The number of rotatable bonds is 6. The number of nitrogens with zero attached hydrogens (tertiary/aromatic N) is 2. The summed E-state index contributed by atoms with van der Waals surface area (Å²) in [5.41, 5.74) is 10.4. The van der Waals surface area contributed by atoms with Gasteiger partial charge in [-0.25, -0.2) is 4.98 Å². The van der Waals surface area contributed by atoms with Gasteiger partial charge in [0, 0.05) is 25.2 Å². The predicted octanol–water partition coefficient (Wildman–Crippen LogP) is 2.78. The molecule has 25 heavy (non-hydrogen) atoms. The number of aromatic nitrogens is 1. The lowest BCUT2D eigenvalue weighted by Crippen LogP contribution is -2.37. The maximum atomic E-state index is 5.85. The summed E-state index contributed by atoms with van der Waals surface area (Å²) in [6.45, 7) is 6.95. The molecule has 0 radical (unpaired) electrons. The van der Waals surface area contributed by atoms with E-state index in [0.717, 1.165) is 62.7 Å². The van der Waals surface area contributed by atoms with Crippen LogP contribution in [0, 0.1) is 0 Å². The van der Waals surface area contributed by atoms with Crippen LogP contribution in [0.25, 0.3) is 11.3 Å². The molecule has 5 nitrogen and oxygen atoms in total. The minimum Gasteiger partial charge on any atom is -0.496 e. The summed E-state index contributed by atoms with van der Waals surface area (Å²) < 4.78 is 11.1. The van der Waals surface area contributed by atoms with Crippen molar-refractivity contribution in [2.45, 2.75) is 19.8 Å². The summed E-state index contributed by atoms with van der Waals surface area (Å²) in [4.78, 5) is 6.91. The van der Waals surface area contributed by atoms with Crippen molar-refractivity contribution in [3.05, 3.63) is 41.5 Å². The van der Waals surface area contributed by atoms with Crippen LogP contribution < -0.4 is 10.5 Å². The van der Waals surface area contributed by atoms with Gasteiger partial charge < -0.3 is 15.2 Å². The molecule has 0 aliphatic carbocycles. The normalized spacial score (nSPS) is 15.3. The Morgan fingerprint density at radius 2 is 2.00 bits per heavy atom. The van der Waals surface area contributed by atoms with Crippen LogP contribution in [0.2, 0.25) is 0 Å². The van der Waals surface area contributed by atoms with E-state index in [1.54, 1.807) is 13.2 Å². The quantitative estimate of drug-likeness (QED) is 0.875. The first-order valence-electron chi connectivity index (χ1n) is 8.94. The smallest absolute Gasteiger partial charge is 0.128 e. The van der Waals surface area contributed by atoms with Crippen LogP contribution >= 0.6 is 0 Å². The summed E-state index contributed by atoms with van der Waals surface area (Å²) in [6, 6.07) is 10.1. The Labute approximate surface area is 149 Å². The fourth-order valence-electron chi connectivity index (χ4n) is 3.30. The van der Waals surface area contributed by atoms with Crippen molar-refractivity contribution < 1.29 is 9.47 Å². The van der Waals surface area contributed by atoms with Crippen molar-refractivity contribution in [1.82, 2.24) is 9.88 Å². The van der Waals surface area contributed by atoms with Crippen molar-refractivity contribution in [2.75, 3.05) is 45.7 Å². The molecule has 0 atom stereocenters. The van der Waals surface area contributed by atoms with Crippen molar-refractivity contribution >= 4 is 5.82 Å². The second-order valence-electron chi connectivity index (χ2n) is 6.33. The Morgan fingerprint density at radius 1 is 1.20 bits per heavy atom. The highest BCUT2D eigenvalue weighted by atomic mass is 16.5. The zero-order valence-electron chi connectivity index (χ0n) is 15.1. The molecule has 1 aromatic carbocycles. The third-order valence-electron chi connectivity index (χ3n) is 4.75. The maximum absolute atomic E-state index is 5.85. The molecule has 2 aromatic rings. The standard InChI is InChI=1S/C20H27N3O2/c1-3-15-13-17(18-5-4-6-20(21)22-18)19(24-2)14-16(15)7-8-23-9-11-25-12-10-23/h4-6,13-14H,3,7-12H2,1-2H3,(H2,21,22). The van der Waals surface area contributed by atoms with E-state index < -0.39 is 0 Å². The highest BCUT2D eigenvalue weighted by molar-refractivity contribution is 5.70. The molecule has 2 heterocycles. The first-order chi connectivity index (χ1) is 12.2. The fraction of sp³-hybridized carbons (Fsp3) is 0.450. The van der Waals surface area contributed by atoms with Crippen LogP contribution in [-0.2, 0) is 17.6 Å². The molecule has 3 rings (SSSR count). The highest BCUT2D eigenvalue weighted by Gasteiger charge is 2.15. The van der Waals surface area contributed by atoms with E-state index >= 15 is 0 Å². The van der Waals surface area contributed by atoms with E-state index in [9.17, 15) is 0 Å². The lowest BCUT2D eigenvalue weighted by molar-refractivity contribution is 0.0384. The second kappa shape index (κ2) is 8.32. The van der Waals surface area contributed by atoms with Crippen LogP contribution in [0.4, 0.5) is 5.82 Å². The average molecular weight is 341 g/mol. The molecule has 1 aromatic heterocycles. The predicted molar refractivity (Wildman–Crippen MR) is 101 cm³/mol. The van der Waals surface area contributed by atoms with E-state index in [0.29, 0.717) is 5.82 Å². The molecule has 0 spiro atoms. The monoisotopic (exact) mass is 341 g/mol. The lowest BCUT2D eigenvalue weighted by atomic mass is 9.96. The molecule has 1 aliphatic heterocycles. The van der Waals surface area contributed by atoms with Crippen LogP contribution in [0.5, 0.6) is 5.75 Å². The third kappa shape index (κ3) is 4.30. The number of nitrogen functional groups attached to an aromatic ring is 1. The number of methoxy groups -OCH3 is 1. The van der Waals surface area contributed by atoms with Gasteiger partial charge in [-0.3, -0.25) is 4.90 Å². The van der Waals surface area contributed by atoms with Crippen molar-refractivity contribution in [3.63, 3.8) is 0 Å². The minimum absolute atomic E-state index is 0.522. The Kier molecular flexibility index (Phi) is 5.89. The Hall–Kier alpha value is -2.11. The molecule has 2 N–H and O–H groups in total. The first-order valence-corrected chi connectivity index (χ1v) is 8.94. The van der Waals surface area contributed by atoms with Gasteiger partial charge in [0.1, 0.15) is 11.6 Å². The number of nitrogens with two attached hydrogens (primary N) is 1. The second-order valence-corrected chi connectivity index (χ2v) is 6.33. The largest absolute Gasteiger partial charge is 0.496 e. The number of hydrogen-bond donors (Lipinski definition) is 1. The van der Waals surface area contributed by atoms with Crippen LogP contribution in [0.15, 0.2) is 30.3 Å². The Bertz CT molecular complexity index is 712. The van der Waals surface area contributed by atoms with E-state index in [-0.39, 0.29) is 0 Å². The SMILES string of the molecule is CCc1cc(-c2cccc(N)n2)c(OC)cc1CCN1CCOCC1. The van der Waals surface area contributed by atoms with Crippen molar-refractivity contribution in [2.24, 2.45) is 0 Å². The number of pyridine rings is 1. The Balaban J connectivity index is 1.86. The number of aryl methyl sites for hydroxylation is 1. The molecule has 1 saturated heterocycles. The lowest BCUT2D eigenvalue weighted by Gasteiger charge is -2.27. The van der Waals surface area contributed by atoms with Gasteiger partial charge in [0.25, 0.3) is 0 Å².